The molecule has 2 rings (SSSR count). The minimum Gasteiger partial charge on any atom is -0.385 e. The molecular formula is C10H13FN2O. The summed E-state index contributed by atoms with van der Waals surface area (Å²) < 4.78 is 12.6. The summed E-state index contributed by atoms with van der Waals surface area (Å²) in [7, 11) is 0. The molecule has 0 amide bonds. The number of piperidine rings is 1. The number of halogens is 1. The molecule has 0 aliphatic carbocycles. The lowest BCUT2D eigenvalue weighted by molar-refractivity contribution is 0.00554. The average molecular weight is 196 g/mol. The Morgan fingerprint density at radius 3 is 2.64 bits per heavy atom. The van der Waals surface area contributed by atoms with Gasteiger partial charge in [-0.25, -0.2) is 4.98 Å². The topological polar surface area (TPSA) is 45.2 Å². The van der Waals surface area contributed by atoms with Crippen LogP contribution in [0, 0.1) is 5.95 Å². The fourth-order valence-electron chi connectivity index (χ4n) is 1.78. The van der Waals surface area contributed by atoms with Crippen LogP contribution in [0.1, 0.15) is 18.4 Å². The Kier molecular flexibility index (Phi) is 2.48. The Balaban J connectivity index is 2.23. The average Bonchev–Trinajstić information content (AvgIpc) is 2.19. The summed E-state index contributed by atoms with van der Waals surface area (Å²) in [5.74, 6) is -0.508. The molecular weight excluding hydrogens is 183 g/mol. The second-order valence-electron chi connectivity index (χ2n) is 3.65. The number of hydrogen-bond donors (Lipinski definition) is 2. The number of hydrogen-bond acceptors (Lipinski definition) is 3. The standard InChI is InChI=1S/C10H13FN2O/c11-9-2-1-8(7-13-9)10(14)3-5-12-6-4-10/h1-2,7,12,14H,3-6H2. The van der Waals surface area contributed by atoms with E-state index in [2.05, 4.69) is 10.3 Å². The summed E-state index contributed by atoms with van der Waals surface area (Å²) in [6.45, 7) is 1.57. The van der Waals surface area contributed by atoms with Crippen LogP contribution in [0.3, 0.4) is 0 Å². The Hall–Kier alpha value is -1.00. The number of aromatic nitrogens is 1. The van der Waals surface area contributed by atoms with E-state index in [9.17, 15) is 9.50 Å². The van der Waals surface area contributed by atoms with Crippen molar-refractivity contribution in [2.75, 3.05) is 13.1 Å². The van der Waals surface area contributed by atoms with Crippen LogP contribution in [0.5, 0.6) is 0 Å². The highest BCUT2D eigenvalue weighted by Gasteiger charge is 2.31. The highest BCUT2D eigenvalue weighted by Crippen LogP contribution is 2.29. The van der Waals surface area contributed by atoms with Crippen LogP contribution in [0.25, 0.3) is 0 Å². The van der Waals surface area contributed by atoms with Crippen LogP contribution < -0.4 is 5.32 Å². The summed E-state index contributed by atoms with van der Waals surface area (Å²) >= 11 is 0. The van der Waals surface area contributed by atoms with Gasteiger partial charge in [-0.2, -0.15) is 4.39 Å². The molecule has 1 aromatic rings. The molecule has 2 N–H and O–H groups in total. The maximum atomic E-state index is 12.6. The lowest BCUT2D eigenvalue weighted by Gasteiger charge is -2.32. The second kappa shape index (κ2) is 3.63. The predicted molar refractivity (Wildman–Crippen MR) is 50.2 cm³/mol. The van der Waals surface area contributed by atoms with Gasteiger partial charge >= 0.3 is 0 Å². The first-order chi connectivity index (χ1) is 6.71. The van der Waals surface area contributed by atoms with Gasteiger partial charge in [0.15, 0.2) is 0 Å². The molecule has 2 heterocycles. The third-order valence-corrected chi connectivity index (χ3v) is 2.70. The maximum Gasteiger partial charge on any atom is 0.212 e. The van der Waals surface area contributed by atoms with Gasteiger partial charge in [-0.05, 0) is 32.0 Å². The normalized spacial score (nSPS) is 20.7. The monoisotopic (exact) mass is 196 g/mol. The fraction of sp³-hybridized carbons (Fsp3) is 0.500. The zero-order valence-electron chi connectivity index (χ0n) is 7.83. The molecule has 0 radical (unpaired) electrons. The maximum absolute atomic E-state index is 12.6. The molecule has 1 aliphatic rings. The van der Waals surface area contributed by atoms with Crippen LogP contribution >= 0.6 is 0 Å². The molecule has 0 spiro atoms. The SMILES string of the molecule is OC1(c2ccc(F)nc2)CCNCC1. The summed E-state index contributed by atoms with van der Waals surface area (Å²) in [5.41, 5.74) is -0.119. The van der Waals surface area contributed by atoms with Crippen molar-refractivity contribution in [1.29, 1.82) is 0 Å². The van der Waals surface area contributed by atoms with E-state index in [0.29, 0.717) is 18.4 Å². The minimum atomic E-state index is -0.827. The zero-order valence-corrected chi connectivity index (χ0v) is 7.83. The molecule has 0 atom stereocenters. The van der Waals surface area contributed by atoms with Crippen molar-refractivity contribution < 1.29 is 9.50 Å². The van der Waals surface area contributed by atoms with E-state index in [1.165, 1.54) is 12.3 Å². The van der Waals surface area contributed by atoms with Gasteiger partial charge in [-0.15, -0.1) is 0 Å². The predicted octanol–water partition coefficient (Wildman–Crippen LogP) is 0.792. The van der Waals surface area contributed by atoms with E-state index in [-0.39, 0.29) is 0 Å². The van der Waals surface area contributed by atoms with Crippen molar-refractivity contribution in [1.82, 2.24) is 10.3 Å². The third kappa shape index (κ3) is 1.76. The van der Waals surface area contributed by atoms with Crippen molar-refractivity contribution in [2.24, 2.45) is 0 Å². The first kappa shape index (κ1) is 9.55. The van der Waals surface area contributed by atoms with Gasteiger partial charge in [0.1, 0.15) is 0 Å². The molecule has 1 saturated heterocycles. The van der Waals surface area contributed by atoms with E-state index in [1.807, 2.05) is 0 Å². The molecule has 3 nitrogen and oxygen atoms in total. The van der Waals surface area contributed by atoms with Crippen molar-refractivity contribution in [3.63, 3.8) is 0 Å². The Morgan fingerprint density at radius 1 is 1.36 bits per heavy atom. The first-order valence-corrected chi connectivity index (χ1v) is 4.76. The molecule has 4 heteroatoms. The second-order valence-corrected chi connectivity index (χ2v) is 3.65. The zero-order chi connectivity index (χ0) is 10.0. The van der Waals surface area contributed by atoms with Crippen molar-refractivity contribution in [3.05, 3.63) is 29.8 Å². The van der Waals surface area contributed by atoms with E-state index >= 15 is 0 Å². The first-order valence-electron chi connectivity index (χ1n) is 4.76. The summed E-state index contributed by atoms with van der Waals surface area (Å²) in [6.07, 6.45) is 2.72. The van der Waals surface area contributed by atoms with Gasteiger partial charge in [0.25, 0.3) is 0 Å². The molecule has 14 heavy (non-hydrogen) atoms. The van der Waals surface area contributed by atoms with Crippen molar-refractivity contribution in [3.8, 4) is 0 Å². The smallest absolute Gasteiger partial charge is 0.212 e. The number of aliphatic hydroxyl groups is 1. The summed E-state index contributed by atoms with van der Waals surface area (Å²) in [4.78, 5) is 3.55. The summed E-state index contributed by atoms with van der Waals surface area (Å²) in [6, 6.07) is 2.89. The Labute approximate surface area is 82.0 Å². The van der Waals surface area contributed by atoms with Gasteiger partial charge in [-0.3, -0.25) is 0 Å². The number of nitrogens with one attached hydrogen (secondary N) is 1. The minimum absolute atomic E-state index is 0.508. The quantitative estimate of drug-likeness (QED) is 0.653. The molecule has 0 saturated carbocycles. The van der Waals surface area contributed by atoms with Gasteiger partial charge in [0.2, 0.25) is 5.95 Å². The van der Waals surface area contributed by atoms with Gasteiger partial charge in [0, 0.05) is 11.8 Å². The fourth-order valence-corrected chi connectivity index (χ4v) is 1.78. The highest BCUT2D eigenvalue weighted by atomic mass is 19.1. The Bertz CT molecular complexity index is 306. The van der Waals surface area contributed by atoms with Crippen molar-refractivity contribution in [2.45, 2.75) is 18.4 Å². The van der Waals surface area contributed by atoms with Gasteiger partial charge in [0.05, 0.1) is 5.60 Å². The van der Waals surface area contributed by atoms with E-state index in [0.717, 1.165) is 13.1 Å². The summed E-state index contributed by atoms with van der Waals surface area (Å²) in [5, 5.41) is 13.4. The molecule has 76 valence electrons. The highest BCUT2D eigenvalue weighted by molar-refractivity contribution is 5.19. The van der Waals surface area contributed by atoms with E-state index < -0.39 is 11.5 Å². The van der Waals surface area contributed by atoms with Crippen LogP contribution in [0.4, 0.5) is 4.39 Å². The van der Waals surface area contributed by atoms with Crippen LogP contribution in [0.2, 0.25) is 0 Å². The van der Waals surface area contributed by atoms with Gasteiger partial charge in [-0.1, -0.05) is 6.07 Å². The van der Waals surface area contributed by atoms with E-state index in [1.54, 1.807) is 6.07 Å². The lowest BCUT2D eigenvalue weighted by Crippen LogP contribution is -2.39. The largest absolute Gasteiger partial charge is 0.385 e. The molecule has 1 aliphatic heterocycles. The molecule has 1 fully saturated rings. The molecule has 0 unspecified atom stereocenters. The molecule has 0 aromatic carbocycles. The number of nitrogens with zero attached hydrogens (tertiary/aromatic N) is 1. The van der Waals surface area contributed by atoms with Crippen LogP contribution in [-0.2, 0) is 5.60 Å². The molecule has 1 aromatic heterocycles. The van der Waals surface area contributed by atoms with Crippen LogP contribution in [-0.4, -0.2) is 23.2 Å². The lowest BCUT2D eigenvalue weighted by atomic mass is 9.86. The van der Waals surface area contributed by atoms with Crippen LogP contribution in [0.15, 0.2) is 18.3 Å². The number of rotatable bonds is 1. The van der Waals surface area contributed by atoms with Crippen molar-refractivity contribution >= 4 is 0 Å². The third-order valence-electron chi connectivity index (χ3n) is 2.70. The van der Waals surface area contributed by atoms with Gasteiger partial charge < -0.3 is 10.4 Å². The number of pyridine rings is 1. The van der Waals surface area contributed by atoms with E-state index in [4.69, 9.17) is 0 Å². The molecule has 0 bridgehead atoms. The Morgan fingerprint density at radius 2 is 2.07 bits per heavy atom.